The molecule has 9 nitrogen and oxygen atoms in total. The molecular weight excluding hydrogens is 420 g/mol. The van der Waals surface area contributed by atoms with E-state index in [2.05, 4.69) is 21.5 Å². The number of hydrogen-bond donors (Lipinski definition) is 3. The first-order chi connectivity index (χ1) is 15.9. The number of aromatic nitrogens is 3. The second-order valence-corrected chi connectivity index (χ2v) is 8.35. The Bertz CT molecular complexity index is 1170. The Balaban J connectivity index is 1.49. The molecule has 9 heteroatoms. The number of nitrogens with zero attached hydrogens (tertiary/aromatic N) is 5. The molecule has 1 saturated carbocycles. The summed E-state index contributed by atoms with van der Waals surface area (Å²) in [6, 6.07) is 8.70. The summed E-state index contributed by atoms with van der Waals surface area (Å²) < 4.78 is 1.64. The molecule has 170 valence electrons. The van der Waals surface area contributed by atoms with Gasteiger partial charge in [-0.2, -0.15) is 10.4 Å². The third-order valence-electron chi connectivity index (χ3n) is 5.99. The number of aromatic hydroxyl groups is 2. The van der Waals surface area contributed by atoms with Gasteiger partial charge in [0.1, 0.15) is 29.1 Å². The van der Waals surface area contributed by atoms with Crippen LogP contribution in [0.2, 0.25) is 0 Å². The van der Waals surface area contributed by atoms with Gasteiger partial charge in [0.2, 0.25) is 5.91 Å². The van der Waals surface area contributed by atoms with Gasteiger partial charge in [0.05, 0.1) is 11.8 Å². The Morgan fingerprint density at radius 2 is 1.85 bits per heavy atom. The maximum Gasteiger partial charge on any atom is 0.224 e. The maximum atomic E-state index is 12.6. The second kappa shape index (κ2) is 9.20. The molecule has 0 atom stereocenters. The van der Waals surface area contributed by atoms with Crippen molar-refractivity contribution in [3.05, 3.63) is 48.4 Å². The summed E-state index contributed by atoms with van der Waals surface area (Å²) in [5, 5.41) is 37.9. The largest absolute Gasteiger partial charge is 0.506 e. The van der Waals surface area contributed by atoms with Crippen LogP contribution in [-0.2, 0) is 11.8 Å². The van der Waals surface area contributed by atoms with Crippen molar-refractivity contribution in [2.45, 2.75) is 44.7 Å². The highest BCUT2D eigenvalue weighted by atomic mass is 16.3. The average molecular weight is 447 g/mol. The molecular formula is C24H26N6O3. The molecule has 0 bridgehead atoms. The monoisotopic (exact) mass is 446 g/mol. The minimum Gasteiger partial charge on any atom is -0.506 e. The SMILES string of the molecule is CC(=O)N(c1c(O)cc(-c2cnn(C)c2)cc1O)C1CCC(Nc2ccc(C#N)cn2)CC1. The summed E-state index contributed by atoms with van der Waals surface area (Å²) in [5.74, 6) is 0.180. The number of nitrogens with one attached hydrogen (secondary N) is 1. The van der Waals surface area contributed by atoms with Crippen molar-refractivity contribution in [3.8, 4) is 28.7 Å². The highest BCUT2D eigenvalue weighted by molar-refractivity contribution is 5.96. The summed E-state index contributed by atoms with van der Waals surface area (Å²) in [6.45, 7) is 1.44. The molecule has 1 amide bonds. The first-order valence-electron chi connectivity index (χ1n) is 10.8. The molecule has 2 aromatic heterocycles. The zero-order chi connectivity index (χ0) is 23.5. The normalized spacial score (nSPS) is 17.8. The number of pyridine rings is 1. The summed E-state index contributed by atoms with van der Waals surface area (Å²) in [4.78, 5) is 18.3. The Morgan fingerprint density at radius 3 is 2.36 bits per heavy atom. The lowest BCUT2D eigenvalue weighted by atomic mass is 9.89. The van der Waals surface area contributed by atoms with Crippen LogP contribution in [0.1, 0.15) is 38.2 Å². The topological polar surface area (TPSA) is 127 Å². The van der Waals surface area contributed by atoms with Gasteiger partial charge in [-0.05, 0) is 55.5 Å². The molecule has 0 saturated heterocycles. The Hall–Kier alpha value is -4.06. The van der Waals surface area contributed by atoms with Crippen LogP contribution in [0.25, 0.3) is 11.1 Å². The molecule has 33 heavy (non-hydrogen) atoms. The molecule has 1 aromatic carbocycles. The van der Waals surface area contributed by atoms with Gasteiger partial charge in [0.15, 0.2) is 0 Å². The molecule has 1 aliphatic carbocycles. The average Bonchev–Trinajstić information content (AvgIpc) is 3.23. The maximum absolute atomic E-state index is 12.6. The molecule has 0 spiro atoms. The van der Waals surface area contributed by atoms with E-state index in [9.17, 15) is 15.0 Å². The lowest BCUT2D eigenvalue weighted by molar-refractivity contribution is -0.117. The molecule has 0 aliphatic heterocycles. The van der Waals surface area contributed by atoms with E-state index < -0.39 is 0 Å². The molecule has 1 fully saturated rings. The van der Waals surface area contributed by atoms with Gasteiger partial charge in [0, 0.05) is 44.0 Å². The summed E-state index contributed by atoms with van der Waals surface area (Å²) in [6.07, 6.45) is 7.97. The van der Waals surface area contributed by atoms with Crippen molar-refractivity contribution in [2.75, 3.05) is 10.2 Å². The Morgan fingerprint density at radius 1 is 1.15 bits per heavy atom. The number of anilines is 2. The van der Waals surface area contributed by atoms with E-state index in [1.54, 1.807) is 48.4 Å². The number of phenolic OH excluding ortho intramolecular Hbond substituents is 2. The summed E-state index contributed by atoms with van der Waals surface area (Å²) in [5.41, 5.74) is 2.02. The zero-order valence-corrected chi connectivity index (χ0v) is 18.6. The van der Waals surface area contributed by atoms with Gasteiger partial charge >= 0.3 is 0 Å². The van der Waals surface area contributed by atoms with Crippen LogP contribution in [0.15, 0.2) is 42.9 Å². The fourth-order valence-electron chi connectivity index (χ4n) is 4.42. The van der Waals surface area contributed by atoms with Gasteiger partial charge in [-0.3, -0.25) is 9.48 Å². The molecule has 0 radical (unpaired) electrons. The van der Waals surface area contributed by atoms with Crippen LogP contribution in [-0.4, -0.2) is 43.0 Å². The van der Waals surface area contributed by atoms with Crippen LogP contribution < -0.4 is 10.2 Å². The van der Waals surface area contributed by atoms with Crippen molar-refractivity contribution < 1.29 is 15.0 Å². The summed E-state index contributed by atoms with van der Waals surface area (Å²) >= 11 is 0. The van der Waals surface area contributed by atoms with E-state index in [-0.39, 0.29) is 35.2 Å². The van der Waals surface area contributed by atoms with Crippen LogP contribution >= 0.6 is 0 Å². The number of amides is 1. The highest BCUT2D eigenvalue weighted by Gasteiger charge is 2.32. The molecule has 0 unspecified atom stereocenters. The number of carbonyl (C=O) groups is 1. The van der Waals surface area contributed by atoms with Crippen LogP contribution in [0.5, 0.6) is 11.5 Å². The van der Waals surface area contributed by atoms with E-state index in [0.29, 0.717) is 29.8 Å². The lowest BCUT2D eigenvalue weighted by Gasteiger charge is -2.37. The van der Waals surface area contributed by atoms with Gasteiger partial charge < -0.3 is 20.4 Å². The van der Waals surface area contributed by atoms with Crippen molar-refractivity contribution in [3.63, 3.8) is 0 Å². The third kappa shape index (κ3) is 4.75. The van der Waals surface area contributed by atoms with E-state index in [1.165, 1.54) is 18.0 Å². The van der Waals surface area contributed by atoms with Crippen LogP contribution in [0.4, 0.5) is 11.5 Å². The zero-order valence-electron chi connectivity index (χ0n) is 18.6. The van der Waals surface area contributed by atoms with E-state index >= 15 is 0 Å². The Labute approximate surface area is 191 Å². The number of carbonyl (C=O) groups excluding carboxylic acids is 1. The molecule has 3 aromatic rings. The fraction of sp³-hybridized carbons (Fsp3) is 0.333. The van der Waals surface area contributed by atoms with Crippen molar-refractivity contribution in [1.82, 2.24) is 14.8 Å². The van der Waals surface area contributed by atoms with Crippen molar-refractivity contribution >= 4 is 17.4 Å². The Kier molecular flexibility index (Phi) is 6.18. The third-order valence-corrected chi connectivity index (χ3v) is 5.99. The standard InChI is InChI=1S/C24H26N6O3/c1-15(31)30(24-21(32)9-17(10-22(24)33)18-13-27-29(2)14-18)20-6-4-19(5-7-20)28-23-8-3-16(11-25)12-26-23/h3,8-10,12-14,19-20,32-33H,4-7H2,1-2H3,(H,26,28). The van der Waals surface area contributed by atoms with E-state index in [4.69, 9.17) is 5.26 Å². The van der Waals surface area contributed by atoms with Crippen LogP contribution in [0.3, 0.4) is 0 Å². The second-order valence-electron chi connectivity index (χ2n) is 8.35. The smallest absolute Gasteiger partial charge is 0.224 e. The fourth-order valence-corrected chi connectivity index (χ4v) is 4.42. The van der Waals surface area contributed by atoms with Crippen molar-refractivity contribution in [2.24, 2.45) is 7.05 Å². The first-order valence-corrected chi connectivity index (χ1v) is 10.8. The number of aryl methyl sites for hydroxylation is 1. The van der Waals surface area contributed by atoms with Crippen molar-refractivity contribution in [1.29, 1.82) is 5.26 Å². The highest BCUT2D eigenvalue weighted by Crippen LogP contribution is 2.43. The van der Waals surface area contributed by atoms with E-state index in [0.717, 1.165) is 18.4 Å². The number of hydrogen-bond acceptors (Lipinski definition) is 7. The predicted octanol–water partition coefficient (Wildman–Crippen LogP) is 3.54. The van der Waals surface area contributed by atoms with E-state index in [1.807, 2.05) is 0 Å². The van der Waals surface area contributed by atoms with Crippen LogP contribution in [0, 0.1) is 11.3 Å². The van der Waals surface area contributed by atoms with Gasteiger partial charge in [0.25, 0.3) is 0 Å². The number of nitriles is 1. The minimum atomic E-state index is -0.236. The number of rotatable bonds is 5. The first kappa shape index (κ1) is 22.1. The summed E-state index contributed by atoms with van der Waals surface area (Å²) in [7, 11) is 1.79. The lowest BCUT2D eigenvalue weighted by Crippen LogP contribution is -2.43. The quantitative estimate of drug-likeness (QED) is 0.547. The minimum absolute atomic E-state index is 0.139. The number of benzene rings is 1. The molecule has 2 heterocycles. The van der Waals surface area contributed by atoms with Gasteiger partial charge in [-0.1, -0.05) is 0 Å². The molecule has 4 rings (SSSR count). The molecule has 1 aliphatic rings. The number of phenols is 2. The predicted molar refractivity (Wildman–Crippen MR) is 124 cm³/mol. The van der Waals surface area contributed by atoms with Gasteiger partial charge in [-0.25, -0.2) is 4.98 Å². The molecule has 3 N–H and O–H groups in total. The van der Waals surface area contributed by atoms with Gasteiger partial charge in [-0.15, -0.1) is 0 Å².